The molecular formula is C58H94N2Ni. The van der Waals surface area contributed by atoms with E-state index in [1.165, 1.54) is 199 Å². The van der Waals surface area contributed by atoms with Gasteiger partial charge < -0.3 is 5.53 Å². The summed E-state index contributed by atoms with van der Waals surface area (Å²) in [5.74, 6) is 7.33. The van der Waals surface area contributed by atoms with Crippen LogP contribution in [-0.4, -0.2) is 4.70 Å². The Labute approximate surface area is 385 Å². The molecule has 0 spiro atoms. The van der Waals surface area contributed by atoms with Crippen molar-refractivity contribution in [1.82, 2.24) is 0 Å². The average Bonchev–Trinajstić information content (AvgIpc) is 3.55. The Morgan fingerprint density at radius 3 is 1.28 bits per heavy atom. The van der Waals surface area contributed by atoms with E-state index in [9.17, 15) is 5.53 Å². The van der Waals surface area contributed by atoms with Crippen LogP contribution in [0.5, 0.6) is 0 Å². The van der Waals surface area contributed by atoms with Gasteiger partial charge in [0.05, 0.1) is 0 Å². The standard InChI is InChI=1S/C54H84N2.2C2H5.Ni/c1-5-9-13-16-17-18-19-20-21-22-23-24-25-26-27-28-29-30-31-34-44-52-51(43-33-15-11-7-3)54(50-42-36-40-48(46-50)38-32-14-10-6-2)56(55)53(52)49-41-35-39-47(45-49)37-12-8-4;2*1-2;/h35-36,39-42,45-46H,5-33,37-38,43H2,1-4H3;2*1H2,2H3;. The van der Waals surface area contributed by atoms with Gasteiger partial charge in [0.2, 0.25) is 11.4 Å². The fraction of sp³-hybridized carbons (Fsp3) is 0.690. The molecular weight excluding hydrogens is 783 g/mol. The van der Waals surface area contributed by atoms with E-state index in [1.54, 1.807) is 0 Å². The van der Waals surface area contributed by atoms with E-state index in [0.717, 1.165) is 66.6 Å². The van der Waals surface area contributed by atoms with Gasteiger partial charge in [0.25, 0.3) is 0 Å². The third-order valence-corrected chi connectivity index (χ3v) is 13.2. The minimum atomic E-state index is 0.877. The first kappa shape index (κ1) is 54.7. The molecule has 0 fully saturated rings. The predicted molar refractivity (Wildman–Crippen MR) is 268 cm³/mol. The van der Waals surface area contributed by atoms with Crippen LogP contribution >= 0.6 is 0 Å². The van der Waals surface area contributed by atoms with Gasteiger partial charge in [0.15, 0.2) is 0 Å². The van der Waals surface area contributed by atoms with Gasteiger partial charge in [-0.25, -0.2) is 4.70 Å². The van der Waals surface area contributed by atoms with E-state index in [1.807, 2.05) is 14.4 Å². The molecule has 0 unspecified atom stereocenters. The Hall–Kier alpha value is -2.43. The molecule has 0 bridgehead atoms. The van der Waals surface area contributed by atoms with Crippen LogP contribution in [0.2, 0.25) is 10.8 Å². The van der Waals surface area contributed by atoms with Gasteiger partial charge in [-0.3, -0.25) is 0 Å². The molecule has 61 heavy (non-hydrogen) atoms. The van der Waals surface area contributed by atoms with E-state index in [2.05, 4.69) is 102 Å². The van der Waals surface area contributed by atoms with Crippen LogP contribution in [0.3, 0.4) is 0 Å². The van der Waals surface area contributed by atoms with Gasteiger partial charge in [-0.1, -0.05) is 218 Å². The molecule has 1 aliphatic heterocycles. The van der Waals surface area contributed by atoms with Crippen molar-refractivity contribution in [1.29, 1.82) is 0 Å². The predicted octanol–water partition coefficient (Wildman–Crippen LogP) is 19.7. The molecule has 2 aromatic rings. The number of aryl methyl sites for hydroxylation is 2. The Bertz CT molecular complexity index is 1530. The first-order valence-corrected chi connectivity index (χ1v) is 27.5. The monoisotopic (exact) mass is 877 g/mol. The van der Waals surface area contributed by atoms with Crippen molar-refractivity contribution in [3.05, 3.63) is 87.5 Å². The molecule has 0 atom stereocenters. The molecule has 0 saturated heterocycles. The molecule has 3 rings (SSSR count). The van der Waals surface area contributed by atoms with Crippen molar-refractivity contribution < 1.29 is 19.1 Å². The van der Waals surface area contributed by atoms with Crippen molar-refractivity contribution in [2.45, 2.75) is 258 Å². The number of hydrogen-bond donors (Lipinski definition) is 0. The quantitative estimate of drug-likeness (QED) is 0.0285. The summed E-state index contributed by atoms with van der Waals surface area (Å²) >= 11 is 1.82. The molecule has 0 N–H and O–H groups in total. The number of benzene rings is 2. The summed E-state index contributed by atoms with van der Waals surface area (Å²) in [4.78, 5) is 0. The minimum absolute atomic E-state index is 0.877. The zero-order chi connectivity index (χ0) is 44.0. The van der Waals surface area contributed by atoms with Gasteiger partial charge in [0.1, 0.15) is 5.57 Å². The molecule has 1 aliphatic rings. The third kappa shape index (κ3) is 24.3. The molecule has 1 heterocycles. The second-order valence-corrected chi connectivity index (χ2v) is 19.5. The third-order valence-electron chi connectivity index (χ3n) is 12.3. The number of nitrogens with zero attached hydrogens (tertiary/aromatic N) is 2. The second-order valence-electron chi connectivity index (χ2n) is 17.7. The van der Waals surface area contributed by atoms with Crippen molar-refractivity contribution in [2.75, 3.05) is 0 Å². The Kier molecular flexibility index (Phi) is 34.1. The Balaban J connectivity index is 0.00000241. The van der Waals surface area contributed by atoms with E-state index >= 15 is 0 Å². The molecule has 2 aromatic carbocycles. The van der Waals surface area contributed by atoms with Crippen LogP contribution < -0.4 is 0 Å². The summed E-state index contributed by atoms with van der Waals surface area (Å²) in [6.45, 7) is 13.5. The van der Waals surface area contributed by atoms with Gasteiger partial charge in [0, 0.05) is 23.1 Å². The summed E-state index contributed by atoms with van der Waals surface area (Å²) in [6.07, 6.45) is 41.3. The first-order valence-electron chi connectivity index (χ1n) is 26.1. The Morgan fingerprint density at radius 1 is 0.443 bits per heavy atom. The fourth-order valence-corrected chi connectivity index (χ4v) is 9.08. The molecule has 3 heteroatoms. The average molecular weight is 878 g/mol. The first-order chi connectivity index (χ1) is 30.1. The summed E-state index contributed by atoms with van der Waals surface area (Å²) in [5.41, 5.74) is 21.2. The number of unbranched alkanes of at least 4 members (excludes halogenated alkanes) is 25. The van der Waals surface area contributed by atoms with E-state index in [4.69, 9.17) is 0 Å². The van der Waals surface area contributed by atoms with Crippen molar-refractivity contribution in [3.63, 3.8) is 0 Å². The van der Waals surface area contributed by atoms with Crippen LogP contribution in [0, 0.1) is 11.8 Å². The number of rotatable bonds is 35. The van der Waals surface area contributed by atoms with Crippen molar-refractivity contribution >= 4 is 11.4 Å². The normalized spacial score (nSPS) is 12.6. The maximum absolute atomic E-state index is 12.2. The number of hydrogen-bond acceptors (Lipinski definition) is 0. The topological polar surface area (TPSA) is 25.3 Å². The van der Waals surface area contributed by atoms with E-state index < -0.39 is 0 Å². The summed E-state index contributed by atoms with van der Waals surface area (Å²) < 4.78 is 1.52. The van der Waals surface area contributed by atoms with Crippen LogP contribution in [0.15, 0.2) is 59.7 Å². The van der Waals surface area contributed by atoms with Gasteiger partial charge in [-0.05, 0) is 80.3 Å². The van der Waals surface area contributed by atoms with Crippen LogP contribution in [0.1, 0.15) is 256 Å². The van der Waals surface area contributed by atoms with Crippen LogP contribution in [-0.2, 0) is 27.3 Å². The molecule has 0 saturated carbocycles. The number of allylic oxidation sites excluding steroid dienone is 2. The molecule has 2 nitrogen and oxygen atoms in total. The maximum atomic E-state index is 12.2. The van der Waals surface area contributed by atoms with E-state index in [0.29, 0.717) is 0 Å². The molecule has 0 radical (unpaired) electrons. The van der Waals surface area contributed by atoms with Crippen molar-refractivity contribution in [3.8, 4) is 11.8 Å². The molecule has 0 aliphatic carbocycles. The van der Waals surface area contributed by atoms with Gasteiger partial charge in [-0.15, -0.1) is 0 Å². The molecule has 0 amide bonds. The molecule has 346 valence electrons. The SMILES string of the molecule is CCCCCCCCCCCCCCCCCCCCC#CC1=C(c2cccc(CCCC)c2)[N+](=[N-])C(c2cccc(CCCCCC)c2)=C1CCCCCC.C[CH2][Ni][CH2]C. The molecule has 0 aromatic heterocycles. The zero-order valence-electron chi connectivity index (χ0n) is 40.9. The van der Waals surface area contributed by atoms with Crippen LogP contribution in [0.25, 0.3) is 16.9 Å². The zero-order valence-corrected chi connectivity index (χ0v) is 41.9. The summed E-state index contributed by atoms with van der Waals surface area (Å²) in [5, 5.41) is 2.56. The summed E-state index contributed by atoms with van der Waals surface area (Å²) in [7, 11) is 0. The van der Waals surface area contributed by atoms with Gasteiger partial charge >= 0.3 is 39.1 Å². The second kappa shape index (κ2) is 38.1. The van der Waals surface area contributed by atoms with Crippen LogP contribution in [0.4, 0.5) is 0 Å². The van der Waals surface area contributed by atoms with E-state index in [-0.39, 0.29) is 0 Å². The fourth-order valence-electron chi connectivity index (χ4n) is 8.59. The van der Waals surface area contributed by atoms with Gasteiger partial charge in [-0.2, -0.15) is 0 Å². The van der Waals surface area contributed by atoms with Crippen molar-refractivity contribution in [2.24, 2.45) is 0 Å². The Morgan fingerprint density at radius 2 is 0.836 bits per heavy atom. The summed E-state index contributed by atoms with van der Waals surface area (Å²) in [6, 6.07) is 17.9.